The van der Waals surface area contributed by atoms with Gasteiger partial charge in [-0.25, -0.2) is 4.98 Å². The van der Waals surface area contributed by atoms with E-state index in [0.29, 0.717) is 10.6 Å². The molecule has 1 aromatic carbocycles. The Labute approximate surface area is 129 Å². The zero-order valence-electron chi connectivity index (χ0n) is 11.6. The second-order valence-electron chi connectivity index (χ2n) is 4.52. The minimum absolute atomic E-state index is 0.165. The zero-order valence-corrected chi connectivity index (χ0v) is 12.4. The van der Waals surface area contributed by atoms with Crippen LogP contribution < -0.4 is 0 Å². The van der Waals surface area contributed by atoms with E-state index in [2.05, 4.69) is 4.98 Å². The molecule has 0 spiro atoms. The van der Waals surface area contributed by atoms with Gasteiger partial charge in [-0.05, 0) is 0 Å². The van der Waals surface area contributed by atoms with E-state index in [1.807, 2.05) is 30.3 Å². The number of hydrogen-bond donors (Lipinski definition) is 0. The van der Waals surface area contributed by atoms with Gasteiger partial charge in [0.2, 0.25) is 5.91 Å². The van der Waals surface area contributed by atoms with Crippen LogP contribution in [0.3, 0.4) is 0 Å². The molecule has 0 aliphatic rings. The molecular weight excluding hydrogens is 317 g/mol. The minimum Gasteiger partial charge on any atom is -0.439 e. The van der Waals surface area contributed by atoms with Crippen molar-refractivity contribution in [2.24, 2.45) is 0 Å². The van der Waals surface area contributed by atoms with Crippen molar-refractivity contribution < 1.29 is 22.4 Å². The minimum atomic E-state index is -4.40. The van der Waals surface area contributed by atoms with Gasteiger partial charge in [-0.3, -0.25) is 4.79 Å². The monoisotopic (exact) mass is 330 g/mol. The van der Waals surface area contributed by atoms with Crippen molar-refractivity contribution >= 4 is 17.7 Å². The highest BCUT2D eigenvalue weighted by atomic mass is 32.2. The number of hydrogen-bond acceptors (Lipinski definition) is 4. The molecule has 1 heterocycles. The third-order valence-electron chi connectivity index (χ3n) is 2.71. The van der Waals surface area contributed by atoms with Crippen LogP contribution in [0.4, 0.5) is 13.2 Å². The molecule has 0 saturated heterocycles. The zero-order chi connectivity index (χ0) is 16.2. The van der Waals surface area contributed by atoms with Crippen LogP contribution in [0, 0.1) is 0 Å². The number of benzene rings is 1. The van der Waals surface area contributed by atoms with Crippen LogP contribution >= 0.6 is 11.8 Å². The number of rotatable bonds is 5. The first-order chi connectivity index (χ1) is 10.3. The van der Waals surface area contributed by atoms with Crippen molar-refractivity contribution in [1.29, 1.82) is 0 Å². The number of thioether (sulfide) groups is 1. The van der Waals surface area contributed by atoms with Gasteiger partial charge in [0.05, 0.1) is 5.75 Å². The summed E-state index contributed by atoms with van der Waals surface area (Å²) in [5.41, 5.74) is 1.47. The third-order valence-corrected chi connectivity index (χ3v) is 3.54. The van der Waals surface area contributed by atoms with Gasteiger partial charge in [-0.2, -0.15) is 13.2 Å². The van der Waals surface area contributed by atoms with Crippen molar-refractivity contribution in [2.45, 2.75) is 11.4 Å². The number of carbonyl (C=O) groups excluding carboxylic acids is 1. The Morgan fingerprint density at radius 1 is 1.32 bits per heavy atom. The second kappa shape index (κ2) is 6.87. The lowest BCUT2D eigenvalue weighted by Crippen LogP contribution is -2.36. The number of amides is 1. The average molecular weight is 330 g/mol. The molecule has 1 amide bonds. The second-order valence-corrected chi connectivity index (χ2v) is 5.44. The number of alkyl halides is 3. The summed E-state index contributed by atoms with van der Waals surface area (Å²) in [5, 5.41) is 0.243. The fourth-order valence-electron chi connectivity index (χ4n) is 1.66. The summed E-state index contributed by atoms with van der Waals surface area (Å²) in [6, 6.07) is 9.29. The maximum Gasteiger partial charge on any atom is 0.406 e. The van der Waals surface area contributed by atoms with Gasteiger partial charge in [0, 0.05) is 12.6 Å². The first-order valence-electron chi connectivity index (χ1n) is 6.29. The van der Waals surface area contributed by atoms with E-state index in [1.165, 1.54) is 6.26 Å². The molecular formula is C14H13F3N2O2S. The number of carbonyl (C=O) groups is 1. The van der Waals surface area contributed by atoms with Crippen LogP contribution in [0.15, 0.2) is 46.2 Å². The van der Waals surface area contributed by atoms with Crippen molar-refractivity contribution in [3.63, 3.8) is 0 Å². The van der Waals surface area contributed by atoms with Crippen LogP contribution in [0.5, 0.6) is 0 Å². The SMILES string of the molecule is CN(CC(F)(F)F)C(=O)CSc1nc(-c2ccccc2)co1. The van der Waals surface area contributed by atoms with Crippen LogP contribution in [-0.4, -0.2) is 41.3 Å². The largest absolute Gasteiger partial charge is 0.439 e. The van der Waals surface area contributed by atoms with Crippen LogP contribution in [-0.2, 0) is 4.79 Å². The van der Waals surface area contributed by atoms with E-state index >= 15 is 0 Å². The summed E-state index contributed by atoms with van der Waals surface area (Å²) in [6.45, 7) is -1.27. The Morgan fingerprint density at radius 3 is 2.64 bits per heavy atom. The van der Waals surface area contributed by atoms with Crippen LogP contribution in [0.1, 0.15) is 0 Å². The molecule has 22 heavy (non-hydrogen) atoms. The molecule has 2 aromatic rings. The van der Waals surface area contributed by atoms with E-state index in [1.54, 1.807) is 0 Å². The van der Waals surface area contributed by atoms with E-state index in [-0.39, 0.29) is 11.0 Å². The van der Waals surface area contributed by atoms with Crippen molar-refractivity contribution in [2.75, 3.05) is 19.3 Å². The lowest BCUT2D eigenvalue weighted by atomic mass is 10.2. The van der Waals surface area contributed by atoms with Gasteiger partial charge < -0.3 is 9.32 Å². The van der Waals surface area contributed by atoms with Crippen molar-refractivity contribution in [3.8, 4) is 11.3 Å². The normalized spacial score (nSPS) is 11.5. The molecule has 0 radical (unpaired) electrons. The Kier molecular flexibility index (Phi) is 5.12. The maximum absolute atomic E-state index is 12.2. The van der Waals surface area contributed by atoms with Crippen molar-refractivity contribution in [3.05, 3.63) is 36.6 Å². The lowest BCUT2D eigenvalue weighted by molar-refractivity contribution is -0.156. The average Bonchev–Trinajstić information content (AvgIpc) is 2.92. The summed E-state index contributed by atoms with van der Waals surface area (Å²) < 4.78 is 41.8. The molecule has 2 rings (SSSR count). The summed E-state index contributed by atoms with van der Waals surface area (Å²) >= 11 is 0.962. The summed E-state index contributed by atoms with van der Waals surface area (Å²) in [5.74, 6) is -0.803. The van der Waals surface area contributed by atoms with Gasteiger partial charge in [0.1, 0.15) is 18.5 Å². The van der Waals surface area contributed by atoms with Gasteiger partial charge in [0.15, 0.2) is 0 Å². The van der Waals surface area contributed by atoms with Gasteiger partial charge in [0.25, 0.3) is 5.22 Å². The van der Waals surface area contributed by atoms with Gasteiger partial charge >= 0.3 is 6.18 Å². The molecule has 4 nitrogen and oxygen atoms in total. The highest BCUT2D eigenvalue weighted by molar-refractivity contribution is 7.99. The highest BCUT2D eigenvalue weighted by Gasteiger charge is 2.31. The van der Waals surface area contributed by atoms with Crippen LogP contribution in [0.2, 0.25) is 0 Å². The first kappa shape index (κ1) is 16.4. The Balaban J connectivity index is 1.90. The number of oxazole rings is 1. The fourth-order valence-corrected chi connectivity index (χ4v) is 2.40. The smallest absolute Gasteiger partial charge is 0.406 e. The third kappa shape index (κ3) is 4.80. The molecule has 8 heteroatoms. The molecule has 0 unspecified atom stereocenters. The summed E-state index contributed by atoms with van der Waals surface area (Å²) in [4.78, 5) is 16.4. The predicted molar refractivity (Wildman–Crippen MR) is 76.4 cm³/mol. The van der Waals surface area contributed by atoms with E-state index in [9.17, 15) is 18.0 Å². The van der Waals surface area contributed by atoms with Gasteiger partial charge in [-0.1, -0.05) is 42.1 Å². The van der Waals surface area contributed by atoms with Crippen molar-refractivity contribution in [1.82, 2.24) is 9.88 Å². The quantitative estimate of drug-likeness (QED) is 0.788. The Bertz CT molecular complexity index is 629. The molecule has 0 saturated carbocycles. The Hall–Kier alpha value is -1.96. The molecule has 0 aliphatic heterocycles. The molecule has 1 aromatic heterocycles. The molecule has 0 bridgehead atoms. The molecule has 0 fully saturated rings. The van der Waals surface area contributed by atoms with Gasteiger partial charge in [-0.15, -0.1) is 0 Å². The highest BCUT2D eigenvalue weighted by Crippen LogP contribution is 2.24. The van der Waals surface area contributed by atoms with Crippen LogP contribution in [0.25, 0.3) is 11.3 Å². The lowest BCUT2D eigenvalue weighted by Gasteiger charge is -2.18. The molecule has 0 atom stereocenters. The fraction of sp³-hybridized carbons (Fsp3) is 0.286. The standard InChI is InChI=1S/C14H13F3N2O2S/c1-19(9-14(15,16)17)12(20)8-22-13-18-11(7-21-13)10-5-3-2-4-6-10/h2-7H,8-9H2,1H3. The topological polar surface area (TPSA) is 46.3 Å². The number of nitrogens with zero attached hydrogens (tertiary/aromatic N) is 2. The molecule has 118 valence electrons. The number of aromatic nitrogens is 1. The summed E-state index contributed by atoms with van der Waals surface area (Å²) in [6.07, 6.45) is -2.96. The maximum atomic E-state index is 12.2. The van der Waals surface area contributed by atoms with E-state index < -0.39 is 18.6 Å². The number of halogens is 3. The van der Waals surface area contributed by atoms with E-state index in [0.717, 1.165) is 24.4 Å². The predicted octanol–water partition coefficient (Wildman–Crippen LogP) is 3.45. The van der Waals surface area contributed by atoms with E-state index in [4.69, 9.17) is 4.42 Å². The summed E-state index contributed by atoms with van der Waals surface area (Å²) in [7, 11) is 1.11. The first-order valence-corrected chi connectivity index (χ1v) is 7.28. The molecule has 0 N–H and O–H groups in total. The Morgan fingerprint density at radius 2 is 2.00 bits per heavy atom. The molecule has 0 aliphatic carbocycles.